The van der Waals surface area contributed by atoms with Crippen LogP contribution in [0.1, 0.15) is 12.0 Å². The van der Waals surface area contributed by atoms with Crippen molar-refractivity contribution in [2.24, 2.45) is 5.14 Å². The van der Waals surface area contributed by atoms with E-state index in [1.807, 2.05) is 0 Å². The van der Waals surface area contributed by atoms with Crippen molar-refractivity contribution in [1.29, 1.82) is 0 Å². The van der Waals surface area contributed by atoms with Crippen molar-refractivity contribution >= 4 is 37.5 Å². The number of nitrogens with two attached hydrogens (primary N) is 1. The minimum atomic E-state index is -4.19. The van der Waals surface area contributed by atoms with Gasteiger partial charge in [-0.25, -0.2) is 26.9 Å². The van der Waals surface area contributed by atoms with Gasteiger partial charge in [-0.15, -0.1) is 0 Å². The molecule has 11 nitrogen and oxygen atoms in total. The highest BCUT2D eigenvalue weighted by molar-refractivity contribution is 7.89. The van der Waals surface area contributed by atoms with Gasteiger partial charge in [0.25, 0.3) is 5.91 Å². The summed E-state index contributed by atoms with van der Waals surface area (Å²) in [5, 5.41) is 5.13. The van der Waals surface area contributed by atoms with Crippen molar-refractivity contribution in [3.05, 3.63) is 78.4 Å². The van der Waals surface area contributed by atoms with Crippen LogP contribution in [0.5, 0.6) is 11.5 Å². The van der Waals surface area contributed by atoms with Gasteiger partial charge in [0, 0.05) is 6.54 Å². The van der Waals surface area contributed by atoms with E-state index in [0.29, 0.717) is 11.5 Å². The van der Waals surface area contributed by atoms with E-state index in [-0.39, 0.29) is 34.9 Å². The first kappa shape index (κ1) is 28.2. The summed E-state index contributed by atoms with van der Waals surface area (Å²) in [6.45, 7) is -0.103. The summed E-state index contributed by atoms with van der Waals surface area (Å²) in [4.78, 5) is 27.2. The maximum Gasteiger partial charge on any atom is 0.252 e. The molecule has 13 heteroatoms. The number of carbonyl (C=O) groups excluding carboxylic acids is 2. The molecule has 1 heterocycles. The Balaban J connectivity index is 1.68. The number of hydrogen-bond acceptors (Lipinski definition) is 8. The monoisotopic (exact) mass is 573 g/mol. The number of benzene rings is 3. The zero-order chi connectivity index (χ0) is 28.4. The summed E-state index contributed by atoms with van der Waals surface area (Å²) in [6, 6.07) is 16.4. The second-order valence-corrected chi connectivity index (χ2v) is 12.1. The lowest BCUT2D eigenvalue weighted by Gasteiger charge is -2.27. The number of ether oxygens (including phenoxy) is 2. The van der Waals surface area contributed by atoms with Gasteiger partial charge in [0.2, 0.25) is 26.0 Å². The average Bonchev–Trinajstić information content (AvgIpc) is 3.21. The van der Waals surface area contributed by atoms with E-state index in [9.17, 15) is 26.4 Å². The molecule has 0 spiro atoms. The molecule has 1 aliphatic heterocycles. The zero-order valence-electron chi connectivity index (χ0n) is 21.2. The molecule has 2 N–H and O–H groups in total. The van der Waals surface area contributed by atoms with E-state index in [1.54, 1.807) is 36.4 Å². The van der Waals surface area contributed by atoms with Crippen molar-refractivity contribution in [3.8, 4) is 11.5 Å². The smallest absolute Gasteiger partial charge is 0.252 e. The fourth-order valence-corrected chi connectivity index (χ4v) is 6.46. The molecule has 1 saturated heterocycles. The quantitative estimate of drug-likeness (QED) is 0.361. The summed E-state index contributed by atoms with van der Waals surface area (Å²) in [7, 11) is -5.18. The van der Waals surface area contributed by atoms with Crippen LogP contribution in [-0.2, 0) is 36.1 Å². The first-order valence-corrected chi connectivity index (χ1v) is 14.7. The number of amides is 2. The number of imide groups is 1. The topological polar surface area (TPSA) is 153 Å². The van der Waals surface area contributed by atoms with E-state index in [2.05, 4.69) is 0 Å². The molecule has 0 bridgehead atoms. The van der Waals surface area contributed by atoms with Crippen molar-refractivity contribution in [3.63, 3.8) is 0 Å². The Bertz CT molecular complexity index is 1590. The third kappa shape index (κ3) is 5.81. The number of hydrogen-bond donors (Lipinski definition) is 1. The first-order chi connectivity index (χ1) is 18.5. The minimum absolute atomic E-state index is 0.0199. The van der Waals surface area contributed by atoms with Gasteiger partial charge in [0.05, 0.1) is 36.1 Å². The molecule has 2 amide bonds. The van der Waals surface area contributed by atoms with E-state index < -0.39 is 37.9 Å². The Morgan fingerprint density at radius 1 is 0.872 bits per heavy atom. The number of nitrogens with zero attached hydrogens (tertiary/aromatic N) is 2. The number of methoxy groups -OCH3 is 2. The molecule has 39 heavy (non-hydrogen) atoms. The summed E-state index contributed by atoms with van der Waals surface area (Å²) in [6.07, 6.45) is -0.165. The second-order valence-electron chi connectivity index (χ2n) is 8.69. The normalized spacial score (nSPS) is 16.1. The summed E-state index contributed by atoms with van der Waals surface area (Å²) in [5.74, 6) is -0.382. The number of carbonyl (C=O) groups is 2. The number of primary sulfonamides is 1. The van der Waals surface area contributed by atoms with Gasteiger partial charge >= 0.3 is 0 Å². The van der Waals surface area contributed by atoms with Gasteiger partial charge < -0.3 is 9.47 Å². The third-order valence-electron chi connectivity index (χ3n) is 6.31. The molecule has 1 aliphatic rings. The lowest BCUT2D eigenvalue weighted by atomic mass is 10.1. The standard InChI is InChI=1S/C26H27N3O8S2/c1-36-23-13-8-18(16-24(23)37-2)14-15-28(39(34,35)21-6-4-3-5-7-21)22-17-25(30)29(26(22)31)19-9-11-20(12-10-19)38(27,32)33/h3-13,16,22H,14-15,17H2,1-2H3,(H2,27,32,33). The fraction of sp³-hybridized carbons (Fsp3) is 0.231. The van der Waals surface area contributed by atoms with Crippen LogP contribution < -0.4 is 19.5 Å². The number of rotatable bonds is 10. The highest BCUT2D eigenvalue weighted by Crippen LogP contribution is 2.31. The Morgan fingerprint density at radius 3 is 2.10 bits per heavy atom. The molecule has 0 aliphatic carbocycles. The van der Waals surface area contributed by atoms with Crippen molar-refractivity contribution in [1.82, 2.24) is 4.31 Å². The van der Waals surface area contributed by atoms with E-state index in [0.717, 1.165) is 14.8 Å². The summed E-state index contributed by atoms with van der Waals surface area (Å²) < 4.78 is 62.3. The third-order valence-corrected chi connectivity index (χ3v) is 9.16. The Kier molecular flexibility index (Phi) is 8.07. The number of sulfonamides is 2. The van der Waals surface area contributed by atoms with Crippen molar-refractivity contribution < 1.29 is 35.9 Å². The van der Waals surface area contributed by atoms with Gasteiger partial charge in [0.15, 0.2) is 11.5 Å². The molecule has 1 unspecified atom stereocenters. The Hall–Kier alpha value is -3.78. The minimum Gasteiger partial charge on any atom is -0.493 e. The van der Waals surface area contributed by atoms with E-state index in [4.69, 9.17) is 14.6 Å². The average molecular weight is 574 g/mol. The number of anilines is 1. The molecule has 0 radical (unpaired) electrons. The van der Waals surface area contributed by atoms with Gasteiger partial charge in [-0.05, 0) is 60.5 Å². The van der Waals surface area contributed by atoms with Crippen LogP contribution in [0.4, 0.5) is 5.69 Å². The van der Waals surface area contributed by atoms with Gasteiger partial charge in [-0.2, -0.15) is 4.31 Å². The zero-order valence-corrected chi connectivity index (χ0v) is 22.8. The largest absolute Gasteiger partial charge is 0.493 e. The molecular formula is C26H27N3O8S2. The predicted octanol–water partition coefficient (Wildman–Crippen LogP) is 1.92. The molecule has 1 fully saturated rings. The molecule has 3 aromatic rings. The van der Waals surface area contributed by atoms with Crippen LogP contribution in [0.15, 0.2) is 82.6 Å². The Morgan fingerprint density at radius 2 is 1.51 bits per heavy atom. The maximum atomic E-state index is 13.7. The van der Waals surface area contributed by atoms with Crippen LogP contribution in [0.3, 0.4) is 0 Å². The van der Waals surface area contributed by atoms with E-state index in [1.165, 1.54) is 50.6 Å². The predicted molar refractivity (Wildman–Crippen MR) is 142 cm³/mol. The van der Waals surface area contributed by atoms with Crippen LogP contribution in [-0.4, -0.2) is 59.8 Å². The summed E-state index contributed by atoms with van der Waals surface area (Å²) in [5.41, 5.74) is 0.838. The van der Waals surface area contributed by atoms with E-state index >= 15 is 0 Å². The van der Waals surface area contributed by atoms with Crippen LogP contribution in [0.25, 0.3) is 0 Å². The maximum absolute atomic E-state index is 13.7. The molecule has 0 aromatic heterocycles. The molecule has 4 rings (SSSR count). The lowest BCUT2D eigenvalue weighted by Crippen LogP contribution is -2.46. The van der Waals surface area contributed by atoms with Crippen molar-refractivity contribution in [2.45, 2.75) is 28.7 Å². The summed E-state index contributed by atoms with van der Waals surface area (Å²) >= 11 is 0. The molecule has 1 atom stereocenters. The van der Waals surface area contributed by atoms with Gasteiger partial charge in [-0.3, -0.25) is 9.59 Å². The molecule has 3 aromatic carbocycles. The SMILES string of the molecule is COc1ccc(CCN(C2CC(=O)N(c3ccc(S(N)(=O)=O)cc3)C2=O)S(=O)(=O)c2ccccc2)cc1OC. The Labute approximate surface area is 226 Å². The fourth-order valence-electron chi connectivity index (χ4n) is 4.34. The van der Waals surface area contributed by atoms with Crippen LogP contribution >= 0.6 is 0 Å². The van der Waals surface area contributed by atoms with Crippen LogP contribution in [0.2, 0.25) is 0 Å². The van der Waals surface area contributed by atoms with Crippen molar-refractivity contribution in [2.75, 3.05) is 25.7 Å². The molecule has 206 valence electrons. The van der Waals surface area contributed by atoms with Gasteiger partial charge in [0.1, 0.15) is 6.04 Å². The molecule has 0 saturated carbocycles. The highest BCUT2D eigenvalue weighted by atomic mass is 32.2. The lowest BCUT2D eigenvalue weighted by molar-refractivity contribution is -0.122. The van der Waals surface area contributed by atoms with Crippen LogP contribution in [0, 0.1) is 0 Å². The first-order valence-electron chi connectivity index (χ1n) is 11.7. The van der Waals surface area contributed by atoms with Gasteiger partial charge in [-0.1, -0.05) is 24.3 Å². The molecular weight excluding hydrogens is 546 g/mol. The second kappa shape index (κ2) is 11.1. The highest BCUT2D eigenvalue weighted by Gasteiger charge is 2.46.